The van der Waals surface area contributed by atoms with Crippen molar-refractivity contribution >= 4 is 22.6 Å². The van der Waals surface area contributed by atoms with Gasteiger partial charge in [0.2, 0.25) is 0 Å². The van der Waals surface area contributed by atoms with E-state index in [9.17, 15) is 5.11 Å². The number of aryl methyl sites for hydroxylation is 1. The van der Waals surface area contributed by atoms with Gasteiger partial charge in [-0.2, -0.15) is 0 Å². The van der Waals surface area contributed by atoms with Crippen LogP contribution in [-0.4, -0.2) is 21.3 Å². The number of para-hydroxylation sites is 3. The third-order valence-corrected chi connectivity index (χ3v) is 4.13. The molecule has 0 saturated heterocycles. The Balaban J connectivity index is 1.74. The van der Waals surface area contributed by atoms with Crippen LogP contribution in [0.4, 0.5) is 0 Å². The highest BCUT2D eigenvalue weighted by Gasteiger charge is 2.24. The lowest BCUT2D eigenvalue weighted by molar-refractivity contribution is 0.0649. The van der Waals surface area contributed by atoms with Gasteiger partial charge >= 0.3 is 0 Å². The van der Waals surface area contributed by atoms with Gasteiger partial charge in [0.05, 0.1) is 22.7 Å². The minimum absolute atomic E-state index is 0.543. The normalized spacial score (nSPS) is 11.8. The highest BCUT2D eigenvalue weighted by molar-refractivity contribution is 6.32. The molecule has 5 heteroatoms. The zero-order valence-electron chi connectivity index (χ0n) is 13.9. The van der Waals surface area contributed by atoms with E-state index in [1.54, 1.807) is 13.8 Å². The number of nitrogens with zero attached hydrogens (tertiary/aromatic N) is 2. The molecule has 0 fully saturated rings. The quantitative estimate of drug-likeness (QED) is 0.675. The van der Waals surface area contributed by atoms with Crippen LogP contribution in [0.2, 0.25) is 5.02 Å². The lowest BCUT2D eigenvalue weighted by atomic mass is 10.1. The number of imidazole rings is 1. The van der Waals surface area contributed by atoms with Crippen molar-refractivity contribution in [1.82, 2.24) is 9.55 Å². The summed E-state index contributed by atoms with van der Waals surface area (Å²) in [5.74, 6) is 1.36. The number of aliphatic hydroxyl groups is 1. The average molecular weight is 345 g/mol. The van der Waals surface area contributed by atoms with Gasteiger partial charge in [-0.3, -0.25) is 0 Å². The monoisotopic (exact) mass is 344 g/mol. The molecule has 0 spiro atoms. The van der Waals surface area contributed by atoms with Gasteiger partial charge in [0.15, 0.2) is 0 Å². The van der Waals surface area contributed by atoms with Gasteiger partial charge in [-0.1, -0.05) is 35.9 Å². The number of benzene rings is 2. The molecule has 0 atom stereocenters. The summed E-state index contributed by atoms with van der Waals surface area (Å²) in [5.41, 5.74) is 0.914. The third-order valence-electron chi connectivity index (χ3n) is 3.82. The zero-order valence-corrected chi connectivity index (χ0v) is 14.6. The van der Waals surface area contributed by atoms with Crippen LogP contribution in [0.25, 0.3) is 11.0 Å². The fraction of sp³-hybridized carbons (Fsp3) is 0.316. The number of hydrogen-bond acceptors (Lipinski definition) is 3. The van der Waals surface area contributed by atoms with Crippen molar-refractivity contribution in [2.75, 3.05) is 6.61 Å². The van der Waals surface area contributed by atoms with E-state index in [1.165, 1.54) is 0 Å². The second kappa shape index (κ2) is 6.83. The molecule has 2 aromatic carbocycles. The van der Waals surface area contributed by atoms with Gasteiger partial charge in [0.1, 0.15) is 17.2 Å². The Morgan fingerprint density at radius 3 is 2.58 bits per heavy atom. The standard InChI is InChI=1S/C19H21ClN2O2/c1-19(2,23)18-21-15-9-4-5-10-16(15)22(18)12-7-13-24-17-11-6-3-8-14(17)20/h3-6,8-11,23H,7,12-13H2,1-2H3. The molecule has 0 saturated carbocycles. The van der Waals surface area contributed by atoms with Crippen LogP contribution >= 0.6 is 11.6 Å². The average Bonchev–Trinajstić information content (AvgIpc) is 2.92. The summed E-state index contributed by atoms with van der Waals surface area (Å²) in [5, 5.41) is 11.0. The molecule has 1 N–H and O–H groups in total. The summed E-state index contributed by atoms with van der Waals surface area (Å²) < 4.78 is 7.81. The molecule has 0 bridgehead atoms. The Bertz CT molecular complexity index is 837. The van der Waals surface area contributed by atoms with Crippen LogP contribution in [0.3, 0.4) is 0 Å². The summed E-state index contributed by atoms with van der Waals surface area (Å²) in [4.78, 5) is 4.59. The number of ether oxygens (including phenoxy) is 1. The van der Waals surface area contributed by atoms with E-state index in [2.05, 4.69) is 9.55 Å². The fourth-order valence-electron chi connectivity index (χ4n) is 2.74. The largest absolute Gasteiger partial charge is 0.492 e. The van der Waals surface area contributed by atoms with Gasteiger partial charge in [-0.25, -0.2) is 4.98 Å². The molecular weight excluding hydrogens is 324 g/mol. The van der Waals surface area contributed by atoms with Gasteiger partial charge in [0.25, 0.3) is 0 Å². The number of rotatable bonds is 6. The summed E-state index contributed by atoms with van der Waals surface area (Å²) in [7, 11) is 0. The van der Waals surface area contributed by atoms with Crippen molar-refractivity contribution in [2.45, 2.75) is 32.4 Å². The Morgan fingerprint density at radius 1 is 1.12 bits per heavy atom. The number of aromatic nitrogens is 2. The van der Waals surface area contributed by atoms with Gasteiger partial charge in [-0.15, -0.1) is 0 Å². The first-order valence-corrected chi connectivity index (χ1v) is 8.40. The van der Waals surface area contributed by atoms with E-state index in [-0.39, 0.29) is 0 Å². The van der Waals surface area contributed by atoms with E-state index in [4.69, 9.17) is 16.3 Å². The summed E-state index contributed by atoms with van der Waals surface area (Å²) >= 11 is 6.09. The topological polar surface area (TPSA) is 47.3 Å². The Hall–Kier alpha value is -2.04. The third kappa shape index (κ3) is 3.55. The van der Waals surface area contributed by atoms with Crippen LogP contribution in [0.15, 0.2) is 48.5 Å². The molecule has 0 unspecified atom stereocenters. The maximum absolute atomic E-state index is 10.4. The first kappa shape index (κ1) is 16.8. The van der Waals surface area contributed by atoms with Gasteiger partial charge < -0.3 is 14.4 Å². The highest BCUT2D eigenvalue weighted by atomic mass is 35.5. The number of fused-ring (bicyclic) bond motifs is 1. The molecule has 0 aliphatic rings. The van der Waals surface area contributed by atoms with Crippen molar-refractivity contribution in [1.29, 1.82) is 0 Å². The lowest BCUT2D eigenvalue weighted by Gasteiger charge is -2.19. The lowest BCUT2D eigenvalue weighted by Crippen LogP contribution is -2.22. The Kier molecular flexibility index (Phi) is 4.78. The molecule has 126 valence electrons. The van der Waals surface area contributed by atoms with E-state index in [0.29, 0.717) is 29.7 Å². The molecule has 4 nitrogen and oxygen atoms in total. The van der Waals surface area contributed by atoms with Crippen LogP contribution < -0.4 is 4.74 Å². The molecule has 0 aliphatic heterocycles. The van der Waals surface area contributed by atoms with Gasteiger partial charge in [-0.05, 0) is 44.5 Å². The van der Waals surface area contributed by atoms with Crippen molar-refractivity contribution in [2.24, 2.45) is 0 Å². The molecule has 24 heavy (non-hydrogen) atoms. The first-order valence-electron chi connectivity index (χ1n) is 8.02. The predicted molar refractivity (Wildman–Crippen MR) is 96.5 cm³/mol. The molecule has 0 amide bonds. The SMILES string of the molecule is CC(C)(O)c1nc2ccccc2n1CCCOc1ccccc1Cl. The fourth-order valence-corrected chi connectivity index (χ4v) is 2.93. The van der Waals surface area contributed by atoms with Gasteiger partial charge in [0, 0.05) is 6.54 Å². The second-order valence-corrected chi connectivity index (χ2v) is 6.67. The van der Waals surface area contributed by atoms with E-state index in [0.717, 1.165) is 17.5 Å². The number of halogens is 1. The van der Waals surface area contributed by atoms with Crippen LogP contribution in [-0.2, 0) is 12.1 Å². The smallest absolute Gasteiger partial charge is 0.141 e. The second-order valence-electron chi connectivity index (χ2n) is 6.27. The van der Waals surface area contributed by atoms with E-state index < -0.39 is 5.60 Å². The Morgan fingerprint density at radius 2 is 1.83 bits per heavy atom. The van der Waals surface area contributed by atoms with Crippen molar-refractivity contribution < 1.29 is 9.84 Å². The molecule has 3 rings (SSSR count). The minimum atomic E-state index is -0.997. The summed E-state index contributed by atoms with van der Waals surface area (Å²) in [6.07, 6.45) is 0.786. The number of hydrogen-bond donors (Lipinski definition) is 1. The minimum Gasteiger partial charge on any atom is -0.492 e. The molecule has 3 aromatic rings. The van der Waals surface area contributed by atoms with Crippen molar-refractivity contribution in [3.05, 3.63) is 59.4 Å². The van der Waals surface area contributed by atoms with E-state index >= 15 is 0 Å². The van der Waals surface area contributed by atoms with E-state index in [1.807, 2.05) is 48.5 Å². The summed E-state index contributed by atoms with van der Waals surface area (Å²) in [6, 6.07) is 15.4. The Labute approximate surface area is 146 Å². The molecule has 0 aliphatic carbocycles. The summed E-state index contributed by atoms with van der Waals surface area (Å²) in [6.45, 7) is 4.77. The molecule has 1 heterocycles. The van der Waals surface area contributed by atoms with Crippen LogP contribution in [0, 0.1) is 0 Å². The van der Waals surface area contributed by atoms with Crippen molar-refractivity contribution in [3.8, 4) is 5.75 Å². The predicted octanol–water partition coefficient (Wildman–Crippen LogP) is 4.39. The molecule has 1 aromatic heterocycles. The van der Waals surface area contributed by atoms with Crippen LogP contribution in [0.5, 0.6) is 5.75 Å². The first-order chi connectivity index (χ1) is 11.5. The maximum atomic E-state index is 10.4. The highest BCUT2D eigenvalue weighted by Crippen LogP contribution is 2.26. The van der Waals surface area contributed by atoms with Crippen LogP contribution in [0.1, 0.15) is 26.1 Å². The van der Waals surface area contributed by atoms with Crippen molar-refractivity contribution in [3.63, 3.8) is 0 Å². The molecule has 0 radical (unpaired) electrons. The zero-order chi connectivity index (χ0) is 17.2. The molecular formula is C19H21ClN2O2. The maximum Gasteiger partial charge on any atom is 0.141 e.